The molecule has 2 rings (SSSR count). The van der Waals surface area contributed by atoms with Crippen molar-refractivity contribution in [1.29, 1.82) is 0 Å². The summed E-state index contributed by atoms with van der Waals surface area (Å²) >= 11 is 0. The molecule has 1 aromatic rings. The largest absolute Gasteiger partial charge is 0.434 e. The van der Waals surface area contributed by atoms with Crippen LogP contribution in [0.2, 0.25) is 0 Å². The van der Waals surface area contributed by atoms with E-state index >= 15 is 0 Å². The van der Waals surface area contributed by atoms with Crippen LogP contribution in [-0.2, 0) is 11.3 Å². The summed E-state index contributed by atoms with van der Waals surface area (Å²) in [4.78, 5) is 4.12. The zero-order valence-corrected chi connectivity index (χ0v) is 15.5. The molecule has 0 spiro atoms. The lowest BCUT2D eigenvalue weighted by Crippen LogP contribution is -2.50. The number of nitrogens with one attached hydrogen (secondary N) is 2. The van der Waals surface area contributed by atoms with Gasteiger partial charge in [-0.15, -0.1) is 24.0 Å². The van der Waals surface area contributed by atoms with Gasteiger partial charge in [0.15, 0.2) is 5.96 Å². The van der Waals surface area contributed by atoms with E-state index in [1.165, 1.54) is 6.07 Å². The molecule has 0 saturated carbocycles. The number of aliphatic imine (C=N–C) groups is 1. The number of para-hydroxylation sites is 1. The molecular weight excluding hydrogens is 419 g/mol. The summed E-state index contributed by atoms with van der Waals surface area (Å²) < 4.78 is 34.4. The number of halogens is 3. The summed E-state index contributed by atoms with van der Waals surface area (Å²) in [5.74, 6) is 0.778. The molecule has 130 valence electrons. The lowest BCUT2D eigenvalue weighted by molar-refractivity contribution is -0.0971. The smallest absolute Gasteiger partial charge is 0.387 e. The van der Waals surface area contributed by atoms with E-state index in [1.807, 2.05) is 0 Å². The number of rotatable bonds is 6. The maximum absolute atomic E-state index is 12.4. The van der Waals surface area contributed by atoms with Crippen molar-refractivity contribution in [1.82, 2.24) is 10.6 Å². The third kappa shape index (κ3) is 6.09. The lowest BCUT2D eigenvalue weighted by Gasteiger charge is -2.38. The molecule has 2 N–H and O–H groups in total. The zero-order valence-electron chi connectivity index (χ0n) is 13.1. The van der Waals surface area contributed by atoms with Crippen LogP contribution in [0.5, 0.6) is 5.75 Å². The minimum Gasteiger partial charge on any atom is -0.434 e. The van der Waals surface area contributed by atoms with Gasteiger partial charge >= 0.3 is 6.61 Å². The lowest BCUT2D eigenvalue weighted by atomic mass is 9.89. The maximum atomic E-state index is 12.4. The van der Waals surface area contributed by atoms with Gasteiger partial charge in [-0.3, -0.25) is 4.99 Å². The average Bonchev–Trinajstić information content (AvgIpc) is 2.46. The third-order valence-corrected chi connectivity index (χ3v) is 3.44. The second kappa shape index (κ2) is 9.21. The van der Waals surface area contributed by atoms with Crippen molar-refractivity contribution in [2.24, 2.45) is 10.4 Å². The molecule has 0 atom stereocenters. The monoisotopic (exact) mass is 441 g/mol. The molecule has 1 aliphatic rings. The molecule has 0 radical (unpaired) electrons. The van der Waals surface area contributed by atoms with Crippen molar-refractivity contribution in [3.63, 3.8) is 0 Å². The van der Waals surface area contributed by atoms with E-state index in [0.29, 0.717) is 18.1 Å². The molecule has 1 aromatic carbocycles. The summed E-state index contributed by atoms with van der Waals surface area (Å²) in [6.07, 6.45) is 0. The SMILES string of the molecule is CN=C(NCc1ccccc1OC(F)F)NCC1(C)COC1.I. The molecule has 23 heavy (non-hydrogen) atoms. The van der Waals surface area contributed by atoms with E-state index in [2.05, 4.69) is 27.3 Å². The number of ether oxygens (including phenoxy) is 2. The minimum absolute atomic E-state index is 0. The van der Waals surface area contributed by atoms with Crippen LogP contribution in [0.15, 0.2) is 29.3 Å². The molecule has 1 heterocycles. The second-order valence-corrected chi connectivity index (χ2v) is 5.57. The first-order valence-corrected chi connectivity index (χ1v) is 7.07. The zero-order chi connectivity index (χ0) is 16.0. The van der Waals surface area contributed by atoms with E-state index in [-0.39, 0.29) is 35.1 Å². The molecule has 0 amide bonds. The second-order valence-electron chi connectivity index (χ2n) is 5.57. The Hall–Kier alpha value is -1.16. The van der Waals surface area contributed by atoms with Gasteiger partial charge in [0.25, 0.3) is 0 Å². The van der Waals surface area contributed by atoms with Gasteiger partial charge in [0, 0.05) is 31.1 Å². The van der Waals surface area contributed by atoms with Gasteiger partial charge in [0.1, 0.15) is 5.75 Å². The molecule has 5 nitrogen and oxygen atoms in total. The number of nitrogens with zero attached hydrogens (tertiary/aromatic N) is 1. The number of hydrogen-bond donors (Lipinski definition) is 2. The first-order valence-electron chi connectivity index (χ1n) is 7.07. The summed E-state index contributed by atoms with van der Waals surface area (Å²) in [5.41, 5.74) is 0.762. The Morgan fingerprint density at radius 1 is 1.35 bits per heavy atom. The summed E-state index contributed by atoms with van der Waals surface area (Å²) in [7, 11) is 1.66. The van der Waals surface area contributed by atoms with Crippen molar-refractivity contribution < 1.29 is 18.3 Å². The average molecular weight is 441 g/mol. The van der Waals surface area contributed by atoms with Crippen LogP contribution in [0.25, 0.3) is 0 Å². The van der Waals surface area contributed by atoms with Crippen LogP contribution in [0.3, 0.4) is 0 Å². The molecule has 0 aromatic heterocycles. The van der Waals surface area contributed by atoms with E-state index < -0.39 is 6.61 Å². The van der Waals surface area contributed by atoms with Gasteiger partial charge in [-0.2, -0.15) is 8.78 Å². The van der Waals surface area contributed by atoms with Crippen molar-refractivity contribution in [3.8, 4) is 5.75 Å². The minimum atomic E-state index is -2.84. The number of benzene rings is 1. The van der Waals surface area contributed by atoms with Crippen LogP contribution in [0.4, 0.5) is 8.78 Å². The molecule has 0 bridgehead atoms. The van der Waals surface area contributed by atoms with Gasteiger partial charge in [-0.25, -0.2) is 0 Å². The van der Waals surface area contributed by atoms with Crippen LogP contribution in [0, 0.1) is 5.41 Å². The van der Waals surface area contributed by atoms with Gasteiger partial charge < -0.3 is 20.1 Å². The highest BCUT2D eigenvalue weighted by Gasteiger charge is 2.33. The van der Waals surface area contributed by atoms with Gasteiger partial charge in [0.2, 0.25) is 0 Å². The molecule has 1 aliphatic heterocycles. The Labute approximate surface area is 151 Å². The molecule has 1 fully saturated rings. The fourth-order valence-corrected chi connectivity index (χ4v) is 2.11. The molecule has 0 unspecified atom stereocenters. The predicted molar refractivity (Wildman–Crippen MR) is 95.6 cm³/mol. The maximum Gasteiger partial charge on any atom is 0.387 e. The summed E-state index contributed by atoms with van der Waals surface area (Å²) in [6.45, 7) is 1.82. The van der Waals surface area contributed by atoms with Gasteiger partial charge in [-0.1, -0.05) is 25.1 Å². The Kier molecular flexibility index (Phi) is 7.97. The third-order valence-electron chi connectivity index (χ3n) is 3.44. The molecule has 0 aliphatic carbocycles. The number of hydrogen-bond acceptors (Lipinski definition) is 3. The molecular formula is C15H22F2IN3O2. The fraction of sp³-hybridized carbons (Fsp3) is 0.533. The first kappa shape index (κ1) is 19.9. The number of guanidine groups is 1. The normalized spacial score (nSPS) is 16.3. The molecule has 8 heteroatoms. The Morgan fingerprint density at radius 3 is 2.61 bits per heavy atom. The summed E-state index contributed by atoms with van der Waals surface area (Å²) in [5, 5.41) is 6.31. The topological polar surface area (TPSA) is 54.9 Å². The highest BCUT2D eigenvalue weighted by atomic mass is 127. The van der Waals surface area contributed by atoms with Gasteiger partial charge in [-0.05, 0) is 6.07 Å². The quantitative estimate of drug-likeness (QED) is 0.405. The van der Waals surface area contributed by atoms with E-state index in [9.17, 15) is 8.78 Å². The van der Waals surface area contributed by atoms with Crippen LogP contribution in [0.1, 0.15) is 12.5 Å². The predicted octanol–water partition coefficient (Wildman–Crippen LogP) is 2.61. The van der Waals surface area contributed by atoms with E-state index in [4.69, 9.17) is 4.74 Å². The van der Waals surface area contributed by atoms with Crippen molar-refractivity contribution in [2.75, 3.05) is 26.8 Å². The summed E-state index contributed by atoms with van der Waals surface area (Å²) in [6, 6.07) is 6.69. The van der Waals surface area contributed by atoms with Crippen LogP contribution in [-0.4, -0.2) is 39.4 Å². The Morgan fingerprint density at radius 2 is 2.04 bits per heavy atom. The van der Waals surface area contributed by atoms with E-state index in [1.54, 1.807) is 25.2 Å². The van der Waals surface area contributed by atoms with Crippen molar-refractivity contribution in [2.45, 2.75) is 20.1 Å². The van der Waals surface area contributed by atoms with Crippen molar-refractivity contribution >= 4 is 29.9 Å². The highest BCUT2D eigenvalue weighted by Crippen LogP contribution is 2.25. The fourth-order valence-electron chi connectivity index (χ4n) is 2.11. The Balaban J connectivity index is 0.00000264. The number of alkyl halides is 2. The van der Waals surface area contributed by atoms with Crippen LogP contribution < -0.4 is 15.4 Å². The standard InChI is InChI=1S/C15H21F2N3O2.HI/c1-15(9-21-10-15)8-20-14(18-2)19-7-11-5-3-4-6-12(11)22-13(16)17;/h3-6,13H,7-10H2,1-2H3,(H2,18,19,20);1H. The first-order chi connectivity index (χ1) is 10.5. The van der Waals surface area contributed by atoms with Gasteiger partial charge in [0.05, 0.1) is 13.2 Å². The Bertz CT molecular complexity index is 525. The van der Waals surface area contributed by atoms with Crippen LogP contribution >= 0.6 is 24.0 Å². The molecule has 1 saturated heterocycles. The highest BCUT2D eigenvalue weighted by molar-refractivity contribution is 14.0. The van der Waals surface area contributed by atoms with E-state index in [0.717, 1.165) is 19.8 Å². The van der Waals surface area contributed by atoms with Crippen molar-refractivity contribution in [3.05, 3.63) is 29.8 Å².